The lowest BCUT2D eigenvalue weighted by Crippen LogP contribution is -2.45. The molecule has 0 aromatic heterocycles. The number of carbonyl (C=O) groups is 2. The Balaban J connectivity index is 1.64. The minimum atomic E-state index is -0.466. The van der Waals surface area contributed by atoms with Crippen LogP contribution in [0.4, 0.5) is 5.69 Å². The van der Waals surface area contributed by atoms with E-state index in [0.29, 0.717) is 24.3 Å². The summed E-state index contributed by atoms with van der Waals surface area (Å²) in [4.78, 5) is 26.8. The van der Waals surface area contributed by atoms with Gasteiger partial charge >= 0.3 is 0 Å². The normalized spacial score (nSPS) is 24.8. The summed E-state index contributed by atoms with van der Waals surface area (Å²) in [6.07, 6.45) is 5.70. The smallest absolute Gasteiger partial charge is 0.254 e. The third kappa shape index (κ3) is 4.40. The molecular weight excluding hydrogens is 316 g/mol. The van der Waals surface area contributed by atoms with Crippen LogP contribution in [-0.2, 0) is 4.79 Å². The summed E-state index contributed by atoms with van der Waals surface area (Å²) in [6, 6.07) is 7.13. The minimum Gasteiger partial charge on any atom is -0.391 e. The van der Waals surface area contributed by atoms with Gasteiger partial charge in [-0.1, -0.05) is 32.3 Å². The van der Waals surface area contributed by atoms with Crippen molar-refractivity contribution in [3.63, 3.8) is 0 Å². The van der Waals surface area contributed by atoms with Gasteiger partial charge < -0.3 is 15.3 Å². The zero-order valence-corrected chi connectivity index (χ0v) is 14.9. The van der Waals surface area contributed by atoms with Crippen LogP contribution >= 0.6 is 0 Å². The number of rotatable bonds is 3. The number of piperidine rings is 1. The van der Waals surface area contributed by atoms with E-state index in [1.807, 2.05) is 13.0 Å². The van der Waals surface area contributed by atoms with Crippen LogP contribution < -0.4 is 5.32 Å². The largest absolute Gasteiger partial charge is 0.391 e. The monoisotopic (exact) mass is 344 g/mol. The highest BCUT2D eigenvalue weighted by Gasteiger charge is 2.28. The van der Waals surface area contributed by atoms with Gasteiger partial charge in [-0.3, -0.25) is 9.59 Å². The van der Waals surface area contributed by atoms with Gasteiger partial charge in [0.15, 0.2) is 0 Å². The van der Waals surface area contributed by atoms with Gasteiger partial charge in [0.2, 0.25) is 5.91 Å². The molecule has 1 aliphatic carbocycles. The molecule has 1 saturated carbocycles. The molecule has 1 aromatic rings. The molecule has 0 radical (unpaired) electrons. The lowest BCUT2D eigenvalue weighted by Gasteiger charge is -2.34. The number of benzene rings is 1. The number of nitrogens with zero attached hydrogens (tertiary/aromatic N) is 1. The Morgan fingerprint density at radius 1 is 1.16 bits per heavy atom. The molecule has 1 saturated heterocycles. The second kappa shape index (κ2) is 8.00. The van der Waals surface area contributed by atoms with Crippen LogP contribution in [0.1, 0.15) is 55.8 Å². The average Bonchev–Trinajstić information content (AvgIpc) is 2.64. The molecule has 1 heterocycles. The molecule has 136 valence electrons. The Hall–Kier alpha value is -1.88. The molecule has 2 amide bonds. The third-order valence-corrected chi connectivity index (χ3v) is 5.56. The van der Waals surface area contributed by atoms with Crippen molar-refractivity contribution in [3.05, 3.63) is 29.8 Å². The SMILES string of the molecule is CC1CCN(C(=O)c2cccc(NC(=O)C3CCCCC3)c2)CC1O. The molecule has 5 heteroatoms. The Labute approximate surface area is 149 Å². The van der Waals surface area contributed by atoms with Crippen molar-refractivity contribution in [2.45, 2.75) is 51.6 Å². The molecule has 0 bridgehead atoms. The third-order valence-electron chi connectivity index (χ3n) is 5.56. The van der Waals surface area contributed by atoms with Crippen LogP contribution in [0.25, 0.3) is 0 Å². The van der Waals surface area contributed by atoms with Crippen molar-refractivity contribution in [2.75, 3.05) is 18.4 Å². The van der Waals surface area contributed by atoms with E-state index >= 15 is 0 Å². The van der Waals surface area contributed by atoms with Gasteiger partial charge in [-0.2, -0.15) is 0 Å². The van der Waals surface area contributed by atoms with E-state index in [-0.39, 0.29) is 23.7 Å². The highest BCUT2D eigenvalue weighted by atomic mass is 16.3. The van der Waals surface area contributed by atoms with Gasteiger partial charge in [-0.05, 0) is 43.4 Å². The Morgan fingerprint density at radius 3 is 2.64 bits per heavy atom. The number of hydrogen-bond donors (Lipinski definition) is 2. The standard InChI is InChI=1S/C20H28N2O3/c1-14-10-11-22(13-18(14)23)20(25)16-8-5-9-17(12-16)21-19(24)15-6-3-2-4-7-15/h5,8-9,12,14-15,18,23H,2-4,6-7,10-11,13H2,1H3,(H,21,24). The summed E-state index contributed by atoms with van der Waals surface area (Å²) in [6.45, 7) is 3.04. The molecule has 2 unspecified atom stereocenters. The molecule has 5 nitrogen and oxygen atoms in total. The fraction of sp³-hybridized carbons (Fsp3) is 0.600. The summed E-state index contributed by atoms with van der Waals surface area (Å²) in [5, 5.41) is 13.0. The molecule has 2 atom stereocenters. The lowest BCUT2D eigenvalue weighted by molar-refractivity contribution is -0.120. The van der Waals surface area contributed by atoms with Crippen LogP contribution in [0, 0.1) is 11.8 Å². The lowest BCUT2D eigenvalue weighted by atomic mass is 9.88. The number of likely N-dealkylation sites (tertiary alicyclic amines) is 1. The second-order valence-corrected chi connectivity index (χ2v) is 7.49. The van der Waals surface area contributed by atoms with Gasteiger partial charge in [0.05, 0.1) is 6.10 Å². The maximum absolute atomic E-state index is 12.7. The maximum atomic E-state index is 12.7. The zero-order chi connectivity index (χ0) is 17.8. The van der Waals surface area contributed by atoms with Crippen LogP contribution in [0.3, 0.4) is 0 Å². The first-order valence-electron chi connectivity index (χ1n) is 9.43. The number of aliphatic hydroxyl groups excluding tert-OH is 1. The molecule has 2 N–H and O–H groups in total. The zero-order valence-electron chi connectivity index (χ0n) is 14.9. The van der Waals surface area contributed by atoms with E-state index in [9.17, 15) is 14.7 Å². The Kier molecular flexibility index (Phi) is 5.74. The van der Waals surface area contributed by atoms with Gasteiger partial charge in [-0.15, -0.1) is 0 Å². The number of β-amino-alcohol motifs (C(OH)–C–C–N with tert-alkyl or cyclic N) is 1. The van der Waals surface area contributed by atoms with Crippen LogP contribution in [0.5, 0.6) is 0 Å². The highest BCUT2D eigenvalue weighted by molar-refractivity contribution is 5.97. The fourth-order valence-electron chi connectivity index (χ4n) is 3.76. The summed E-state index contributed by atoms with van der Waals surface area (Å²) in [5.41, 5.74) is 1.23. The van der Waals surface area contributed by atoms with Gasteiger partial charge in [0.25, 0.3) is 5.91 Å². The summed E-state index contributed by atoms with van der Waals surface area (Å²) < 4.78 is 0. The molecule has 3 rings (SSSR count). The van der Waals surface area contributed by atoms with Crippen molar-refractivity contribution in [2.24, 2.45) is 11.8 Å². The first kappa shape index (κ1) is 17.9. The number of anilines is 1. The predicted molar refractivity (Wildman–Crippen MR) is 97.3 cm³/mol. The second-order valence-electron chi connectivity index (χ2n) is 7.49. The van der Waals surface area contributed by atoms with E-state index in [2.05, 4.69) is 5.32 Å². The van der Waals surface area contributed by atoms with Gasteiger partial charge in [0.1, 0.15) is 0 Å². The van der Waals surface area contributed by atoms with Crippen molar-refractivity contribution < 1.29 is 14.7 Å². The van der Waals surface area contributed by atoms with Crippen molar-refractivity contribution in [1.29, 1.82) is 0 Å². The summed E-state index contributed by atoms with van der Waals surface area (Å²) >= 11 is 0. The molecular formula is C20H28N2O3. The van der Waals surface area contributed by atoms with Crippen molar-refractivity contribution in [3.8, 4) is 0 Å². The first-order valence-corrected chi connectivity index (χ1v) is 9.43. The summed E-state index contributed by atoms with van der Waals surface area (Å²) in [7, 11) is 0. The number of nitrogens with one attached hydrogen (secondary N) is 1. The maximum Gasteiger partial charge on any atom is 0.254 e. The molecule has 2 fully saturated rings. The quantitative estimate of drug-likeness (QED) is 0.885. The summed E-state index contributed by atoms with van der Waals surface area (Å²) in [5.74, 6) is 0.295. The van der Waals surface area contributed by atoms with Crippen molar-refractivity contribution >= 4 is 17.5 Å². The first-order chi connectivity index (χ1) is 12.0. The van der Waals surface area contributed by atoms with E-state index in [0.717, 1.165) is 32.1 Å². The molecule has 1 aliphatic heterocycles. The molecule has 2 aliphatic rings. The number of amides is 2. The van der Waals surface area contributed by atoms with E-state index < -0.39 is 6.10 Å². The molecule has 25 heavy (non-hydrogen) atoms. The fourth-order valence-corrected chi connectivity index (χ4v) is 3.76. The van der Waals surface area contributed by atoms with E-state index in [4.69, 9.17) is 0 Å². The Bertz CT molecular complexity index is 625. The predicted octanol–water partition coefficient (Wildman–Crippen LogP) is 3.05. The van der Waals surface area contributed by atoms with Gasteiger partial charge in [-0.25, -0.2) is 0 Å². The topological polar surface area (TPSA) is 69.6 Å². The van der Waals surface area contributed by atoms with Crippen LogP contribution in [0.15, 0.2) is 24.3 Å². The highest BCUT2D eigenvalue weighted by Crippen LogP contribution is 2.25. The average molecular weight is 344 g/mol. The van der Waals surface area contributed by atoms with E-state index in [1.54, 1.807) is 23.1 Å². The Morgan fingerprint density at radius 2 is 1.92 bits per heavy atom. The molecule has 1 aromatic carbocycles. The van der Waals surface area contributed by atoms with E-state index in [1.165, 1.54) is 6.42 Å². The molecule has 0 spiro atoms. The number of aliphatic hydroxyl groups is 1. The minimum absolute atomic E-state index is 0.0616. The number of carbonyl (C=O) groups excluding carboxylic acids is 2. The van der Waals surface area contributed by atoms with Gasteiger partial charge in [0, 0.05) is 30.3 Å². The van der Waals surface area contributed by atoms with Crippen LogP contribution in [0.2, 0.25) is 0 Å². The number of hydrogen-bond acceptors (Lipinski definition) is 3. The van der Waals surface area contributed by atoms with Crippen LogP contribution in [-0.4, -0.2) is 41.0 Å². The van der Waals surface area contributed by atoms with Crippen molar-refractivity contribution in [1.82, 2.24) is 4.90 Å².